The summed E-state index contributed by atoms with van der Waals surface area (Å²) >= 11 is 0. The summed E-state index contributed by atoms with van der Waals surface area (Å²) in [6, 6.07) is 21.2. The van der Waals surface area contributed by atoms with Gasteiger partial charge in [-0.25, -0.2) is 12.8 Å². The Balaban J connectivity index is 1.15. The Morgan fingerprint density at radius 1 is 0.816 bits per heavy atom. The number of halogens is 1. The standard InChI is InChI=1S/C29H33FN4O3S/c1-23-5-11-28(12-6-23)38(36,37)34-19-13-31(14-20-34)22-24-3-2-4-25(21-24)29(35)33-17-15-32(16-18-33)27-9-7-26(30)8-10-27/h2-12,21H,13-20,22H2,1H3. The Hall–Kier alpha value is -3.27. The van der Waals surface area contributed by atoms with Crippen molar-refractivity contribution in [2.45, 2.75) is 18.4 Å². The topological polar surface area (TPSA) is 64.2 Å². The second kappa shape index (κ2) is 11.2. The van der Waals surface area contributed by atoms with E-state index in [1.807, 2.05) is 48.2 Å². The molecule has 2 fully saturated rings. The Morgan fingerprint density at radius 2 is 1.47 bits per heavy atom. The number of anilines is 1. The maximum absolute atomic E-state index is 13.2. The molecular formula is C29H33FN4O3S. The van der Waals surface area contributed by atoms with E-state index in [0.29, 0.717) is 69.4 Å². The molecule has 0 aliphatic carbocycles. The average molecular weight is 537 g/mol. The normalized spacial score (nSPS) is 17.5. The molecule has 5 rings (SSSR count). The molecule has 2 aliphatic rings. The molecule has 0 unspecified atom stereocenters. The van der Waals surface area contributed by atoms with Crippen LogP contribution in [0.1, 0.15) is 21.5 Å². The molecule has 0 atom stereocenters. The van der Waals surface area contributed by atoms with Crippen LogP contribution in [0.4, 0.5) is 10.1 Å². The number of carbonyl (C=O) groups is 1. The van der Waals surface area contributed by atoms with Crippen molar-refractivity contribution in [1.82, 2.24) is 14.1 Å². The number of rotatable bonds is 6. The molecule has 3 aromatic carbocycles. The highest BCUT2D eigenvalue weighted by Crippen LogP contribution is 2.21. The predicted molar refractivity (Wildman–Crippen MR) is 146 cm³/mol. The quantitative estimate of drug-likeness (QED) is 0.482. The lowest BCUT2D eigenvalue weighted by molar-refractivity contribution is 0.0746. The minimum absolute atomic E-state index is 0.0135. The zero-order valence-electron chi connectivity index (χ0n) is 21.6. The highest BCUT2D eigenvalue weighted by atomic mass is 32.2. The minimum atomic E-state index is -3.49. The van der Waals surface area contributed by atoms with Gasteiger partial charge >= 0.3 is 0 Å². The van der Waals surface area contributed by atoms with Gasteiger partial charge in [0.1, 0.15) is 5.82 Å². The third-order valence-electron chi connectivity index (χ3n) is 7.33. The molecule has 38 heavy (non-hydrogen) atoms. The molecular weight excluding hydrogens is 503 g/mol. The van der Waals surface area contributed by atoms with Gasteiger partial charge in [-0.05, 0) is 61.0 Å². The van der Waals surface area contributed by atoms with Crippen LogP contribution in [0.2, 0.25) is 0 Å². The van der Waals surface area contributed by atoms with E-state index < -0.39 is 10.0 Å². The van der Waals surface area contributed by atoms with Gasteiger partial charge in [0.25, 0.3) is 5.91 Å². The Morgan fingerprint density at radius 3 is 2.13 bits per heavy atom. The van der Waals surface area contributed by atoms with Crippen LogP contribution < -0.4 is 4.90 Å². The van der Waals surface area contributed by atoms with Crippen molar-refractivity contribution in [3.05, 3.63) is 95.3 Å². The van der Waals surface area contributed by atoms with Crippen LogP contribution in [-0.4, -0.2) is 80.8 Å². The summed E-state index contributed by atoms with van der Waals surface area (Å²) in [6.45, 7) is 7.37. The summed E-state index contributed by atoms with van der Waals surface area (Å²) in [5, 5.41) is 0. The van der Waals surface area contributed by atoms with Crippen LogP contribution in [0.5, 0.6) is 0 Å². The fraction of sp³-hybridized carbons (Fsp3) is 0.345. The summed E-state index contributed by atoms with van der Waals surface area (Å²) in [5.74, 6) is -0.240. The van der Waals surface area contributed by atoms with Crippen molar-refractivity contribution in [1.29, 1.82) is 0 Å². The first-order chi connectivity index (χ1) is 18.3. The van der Waals surface area contributed by atoms with E-state index >= 15 is 0 Å². The highest BCUT2D eigenvalue weighted by Gasteiger charge is 2.28. The lowest BCUT2D eigenvalue weighted by atomic mass is 10.1. The smallest absolute Gasteiger partial charge is 0.253 e. The van der Waals surface area contributed by atoms with E-state index in [1.165, 1.54) is 12.1 Å². The molecule has 0 aromatic heterocycles. The number of hydrogen-bond acceptors (Lipinski definition) is 5. The largest absolute Gasteiger partial charge is 0.368 e. The molecule has 2 aliphatic heterocycles. The maximum Gasteiger partial charge on any atom is 0.253 e. The van der Waals surface area contributed by atoms with E-state index in [-0.39, 0.29) is 11.7 Å². The predicted octanol–water partition coefficient (Wildman–Crippen LogP) is 3.60. The van der Waals surface area contributed by atoms with Crippen LogP contribution in [0.15, 0.2) is 77.7 Å². The number of sulfonamides is 1. The van der Waals surface area contributed by atoms with Gasteiger partial charge in [0.2, 0.25) is 10.0 Å². The lowest BCUT2D eigenvalue weighted by Crippen LogP contribution is -2.49. The fourth-order valence-electron chi connectivity index (χ4n) is 5.05. The third-order valence-corrected chi connectivity index (χ3v) is 9.24. The van der Waals surface area contributed by atoms with Gasteiger partial charge in [0, 0.05) is 70.2 Å². The minimum Gasteiger partial charge on any atom is -0.368 e. The van der Waals surface area contributed by atoms with Crippen molar-refractivity contribution < 1.29 is 17.6 Å². The van der Waals surface area contributed by atoms with Crippen LogP contribution in [0.25, 0.3) is 0 Å². The first-order valence-electron chi connectivity index (χ1n) is 13.0. The number of nitrogens with zero attached hydrogens (tertiary/aromatic N) is 4. The Labute approximate surface area is 224 Å². The molecule has 0 spiro atoms. The number of benzene rings is 3. The zero-order chi connectivity index (χ0) is 26.7. The molecule has 200 valence electrons. The molecule has 1 amide bonds. The first kappa shape index (κ1) is 26.3. The van der Waals surface area contributed by atoms with Gasteiger partial charge < -0.3 is 9.80 Å². The van der Waals surface area contributed by atoms with Gasteiger partial charge in [-0.1, -0.05) is 29.8 Å². The molecule has 0 bridgehead atoms. The van der Waals surface area contributed by atoms with Crippen LogP contribution in [0, 0.1) is 12.7 Å². The average Bonchev–Trinajstić information content (AvgIpc) is 2.94. The second-order valence-corrected chi connectivity index (χ2v) is 11.9. The summed E-state index contributed by atoms with van der Waals surface area (Å²) in [4.78, 5) is 19.8. The first-order valence-corrected chi connectivity index (χ1v) is 14.4. The zero-order valence-corrected chi connectivity index (χ0v) is 22.4. The second-order valence-electron chi connectivity index (χ2n) is 9.95. The van der Waals surface area contributed by atoms with Crippen LogP contribution >= 0.6 is 0 Å². The monoisotopic (exact) mass is 536 g/mol. The van der Waals surface area contributed by atoms with Gasteiger partial charge in [0.15, 0.2) is 0 Å². The molecule has 9 heteroatoms. The van der Waals surface area contributed by atoms with Crippen molar-refractivity contribution >= 4 is 21.6 Å². The van der Waals surface area contributed by atoms with Crippen LogP contribution in [0.3, 0.4) is 0 Å². The van der Waals surface area contributed by atoms with Gasteiger partial charge in [-0.15, -0.1) is 0 Å². The van der Waals surface area contributed by atoms with E-state index in [0.717, 1.165) is 16.8 Å². The van der Waals surface area contributed by atoms with E-state index in [2.05, 4.69) is 9.80 Å². The summed E-state index contributed by atoms with van der Waals surface area (Å²) < 4.78 is 40.8. The number of carbonyl (C=O) groups excluding carboxylic acids is 1. The van der Waals surface area contributed by atoms with Crippen molar-refractivity contribution in [3.63, 3.8) is 0 Å². The van der Waals surface area contributed by atoms with Crippen molar-refractivity contribution in [2.24, 2.45) is 0 Å². The molecule has 2 saturated heterocycles. The molecule has 7 nitrogen and oxygen atoms in total. The van der Waals surface area contributed by atoms with E-state index in [9.17, 15) is 17.6 Å². The van der Waals surface area contributed by atoms with E-state index in [1.54, 1.807) is 28.6 Å². The molecule has 0 radical (unpaired) electrons. The number of aryl methyl sites for hydroxylation is 1. The van der Waals surface area contributed by atoms with Gasteiger partial charge in [-0.3, -0.25) is 9.69 Å². The van der Waals surface area contributed by atoms with E-state index in [4.69, 9.17) is 0 Å². The fourth-order valence-corrected chi connectivity index (χ4v) is 6.47. The van der Waals surface area contributed by atoms with Gasteiger partial charge in [-0.2, -0.15) is 4.31 Å². The highest BCUT2D eigenvalue weighted by molar-refractivity contribution is 7.89. The third kappa shape index (κ3) is 5.90. The number of piperazine rings is 2. The van der Waals surface area contributed by atoms with Gasteiger partial charge in [0.05, 0.1) is 4.90 Å². The van der Waals surface area contributed by atoms with Crippen molar-refractivity contribution in [3.8, 4) is 0 Å². The SMILES string of the molecule is Cc1ccc(S(=O)(=O)N2CCN(Cc3cccc(C(=O)N4CCN(c5ccc(F)cc5)CC4)c3)CC2)cc1. The van der Waals surface area contributed by atoms with Crippen LogP contribution in [-0.2, 0) is 16.6 Å². The maximum atomic E-state index is 13.2. The lowest BCUT2D eigenvalue weighted by Gasteiger charge is -2.36. The number of amides is 1. The summed E-state index contributed by atoms with van der Waals surface area (Å²) in [7, 11) is -3.49. The summed E-state index contributed by atoms with van der Waals surface area (Å²) in [6.07, 6.45) is 0. The Kier molecular flexibility index (Phi) is 7.78. The molecule has 2 heterocycles. The number of hydrogen-bond donors (Lipinski definition) is 0. The van der Waals surface area contributed by atoms with Crippen molar-refractivity contribution in [2.75, 3.05) is 57.3 Å². The molecule has 0 N–H and O–H groups in total. The summed E-state index contributed by atoms with van der Waals surface area (Å²) in [5.41, 5.74) is 3.70. The molecule has 3 aromatic rings. The Bertz CT molecular complexity index is 1360. The molecule has 0 saturated carbocycles.